The highest BCUT2D eigenvalue weighted by atomic mass is 16.3. The number of nitrogens with zero attached hydrogens (tertiary/aromatic N) is 2. The first-order chi connectivity index (χ1) is 15.1. The number of benzene rings is 2. The second kappa shape index (κ2) is 8.20. The lowest BCUT2D eigenvalue weighted by molar-refractivity contribution is -0.167. The fourth-order valence-corrected chi connectivity index (χ4v) is 4.84. The maximum atomic E-state index is 12.7. The minimum atomic E-state index is -0.223. The number of aliphatic hydroxyl groups is 1. The highest BCUT2D eigenvalue weighted by molar-refractivity contribution is 5.88. The molecule has 5 heteroatoms. The summed E-state index contributed by atoms with van der Waals surface area (Å²) in [6.45, 7) is 0.617. The summed E-state index contributed by atoms with van der Waals surface area (Å²) < 4.78 is 0. The summed E-state index contributed by atoms with van der Waals surface area (Å²) in [7, 11) is 0. The predicted molar refractivity (Wildman–Crippen MR) is 117 cm³/mol. The van der Waals surface area contributed by atoms with Gasteiger partial charge in [-0.25, -0.2) is 0 Å². The van der Waals surface area contributed by atoms with Gasteiger partial charge in [-0.05, 0) is 48.6 Å². The van der Waals surface area contributed by atoms with Gasteiger partial charge in [0.1, 0.15) is 0 Å². The first-order valence-corrected chi connectivity index (χ1v) is 11.0. The monoisotopic (exact) mass is 414 g/mol. The summed E-state index contributed by atoms with van der Waals surface area (Å²) in [5.74, 6) is 6.91. The Kier molecular flexibility index (Phi) is 5.25. The summed E-state index contributed by atoms with van der Waals surface area (Å²) in [6.07, 6.45) is 2.80. The molecule has 5 rings (SSSR count). The van der Waals surface area contributed by atoms with E-state index in [1.165, 1.54) is 0 Å². The average Bonchev–Trinajstić information content (AvgIpc) is 3.59. The first-order valence-electron chi connectivity index (χ1n) is 11.0. The van der Waals surface area contributed by atoms with Crippen LogP contribution < -0.4 is 0 Å². The fourth-order valence-electron chi connectivity index (χ4n) is 4.84. The predicted octanol–water partition coefficient (Wildman–Crippen LogP) is 2.38. The topological polar surface area (TPSA) is 60.9 Å². The minimum absolute atomic E-state index is 0.0293. The van der Waals surface area contributed by atoms with Gasteiger partial charge >= 0.3 is 0 Å². The Bertz CT molecular complexity index is 1030. The molecule has 3 atom stereocenters. The van der Waals surface area contributed by atoms with Gasteiger partial charge in [0.2, 0.25) is 11.8 Å². The van der Waals surface area contributed by atoms with Crippen LogP contribution in [0.25, 0.3) is 0 Å². The largest absolute Gasteiger partial charge is 0.394 e. The van der Waals surface area contributed by atoms with Crippen LogP contribution in [0.5, 0.6) is 0 Å². The van der Waals surface area contributed by atoms with Gasteiger partial charge < -0.3 is 14.9 Å². The zero-order valence-electron chi connectivity index (χ0n) is 17.4. The molecule has 2 aromatic rings. The Morgan fingerprint density at radius 3 is 2.32 bits per heavy atom. The number of aliphatic hydroxyl groups excluding tert-OH is 1. The van der Waals surface area contributed by atoms with Gasteiger partial charge in [-0.15, -0.1) is 0 Å². The van der Waals surface area contributed by atoms with E-state index in [2.05, 4.69) is 11.8 Å². The molecule has 0 bridgehead atoms. The summed E-state index contributed by atoms with van der Waals surface area (Å²) in [5, 5.41) is 9.94. The van der Waals surface area contributed by atoms with Crippen molar-refractivity contribution in [1.82, 2.24) is 9.80 Å². The maximum Gasteiger partial charge on any atom is 0.242 e. The van der Waals surface area contributed by atoms with Crippen molar-refractivity contribution in [3.63, 3.8) is 0 Å². The molecule has 3 aliphatic rings. The summed E-state index contributed by atoms with van der Waals surface area (Å²) in [5.41, 5.74) is 2.97. The molecule has 0 unspecified atom stereocenters. The number of hydrogen-bond acceptors (Lipinski definition) is 3. The molecule has 2 aliphatic heterocycles. The maximum absolute atomic E-state index is 12.7. The average molecular weight is 415 g/mol. The van der Waals surface area contributed by atoms with Gasteiger partial charge in [-0.1, -0.05) is 42.2 Å². The van der Waals surface area contributed by atoms with Crippen LogP contribution in [0.2, 0.25) is 0 Å². The van der Waals surface area contributed by atoms with E-state index in [1.54, 1.807) is 9.80 Å². The molecular formula is C26H26N2O3. The van der Waals surface area contributed by atoms with Crippen molar-refractivity contribution in [3.8, 4) is 11.8 Å². The summed E-state index contributed by atoms with van der Waals surface area (Å²) in [6, 6.07) is 17.6. The molecule has 0 aromatic heterocycles. The van der Waals surface area contributed by atoms with Crippen LogP contribution in [0.1, 0.15) is 41.9 Å². The third-order valence-corrected chi connectivity index (χ3v) is 6.69. The molecule has 158 valence electrons. The highest BCUT2D eigenvalue weighted by Crippen LogP contribution is 2.43. The standard InChI is InChI=1S/C26H26N2O3/c29-17-23-26(21-12-10-19(11-13-21)7-6-18-4-2-1-3-5-18)22-15-27(16-25(31)28(22)23)24(30)14-20-8-9-20/h1-5,10-13,20,22-23,26,29H,8-9,14-17H2/t22-,23-,26+/m0/s1. The van der Waals surface area contributed by atoms with E-state index in [4.69, 9.17) is 0 Å². The van der Waals surface area contributed by atoms with Crippen molar-refractivity contribution in [1.29, 1.82) is 0 Å². The molecule has 0 spiro atoms. The van der Waals surface area contributed by atoms with E-state index in [1.807, 2.05) is 54.6 Å². The number of carbonyl (C=O) groups excluding carboxylic acids is 2. The van der Waals surface area contributed by atoms with E-state index in [0.29, 0.717) is 18.9 Å². The molecule has 0 radical (unpaired) electrons. The highest BCUT2D eigenvalue weighted by Gasteiger charge is 2.54. The molecule has 2 heterocycles. The quantitative estimate of drug-likeness (QED) is 0.782. The molecular weight excluding hydrogens is 388 g/mol. The third-order valence-electron chi connectivity index (χ3n) is 6.69. The van der Waals surface area contributed by atoms with Gasteiger partial charge in [0.15, 0.2) is 0 Å². The molecule has 5 nitrogen and oxygen atoms in total. The number of rotatable bonds is 4. The zero-order chi connectivity index (χ0) is 21.4. The molecule has 31 heavy (non-hydrogen) atoms. The summed E-state index contributed by atoms with van der Waals surface area (Å²) >= 11 is 0. The van der Waals surface area contributed by atoms with Crippen molar-refractivity contribution in [2.45, 2.75) is 37.3 Å². The van der Waals surface area contributed by atoms with Gasteiger partial charge in [0, 0.05) is 30.0 Å². The van der Waals surface area contributed by atoms with Crippen molar-refractivity contribution >= 4 is 11.8 Å². The van der Waals surface area contributed by atoms with Crippen molar-refractivity contribution < 1.29 is 14.7 Å². The van der Waals surface area contributed by atoms with Crippen molar-refractivity contribution in [2.24, 2.45) is 5.92 Å². The van der Waals surface area contributed by atoms with Gasteiger partial charge in [0.25, 0.3) is 0 Å². The molecule has 3 fully saturated rings. The Morgan fingerprint density at radius 2 is 1.68 bits per heavy atom. The minimum Gasteiger partial charge on any atom is -0.394 e. The number of fused-ring (bicyclic) bond motifs is 1. The summed E-state index contributed by atoms with van der Waals surface area (Å²) in [4.78, 5) is 28.8. The van der Waals surface area contributed by atoms with Crippen molar-refractivity contribution in [2.75, 3.05) is 19.7 Å². The Hall–Kier alpha value is -3.10. The number of piperazine rings is 1. The van der Waals surface area contributed by atoms with Crippen LogP contribution in [-0.2, 0) is 9.59 Å². The van der Waals surface area contributed by atoms with Crippen LogP contribution in [0.15, 0.2) is 54.6 Å². The number of amides is 2. The zero-order valence-corrected chi connectivity index (χ0v) is 17.4. The Labute approximate surface area is 182 Å². The van der Waals surface area contributed by atoms with Crippen LogP contribution >= 0.6 is 0 Å². The van der Waals surface area contributed by atoms with Crippen LogP contribution in [0.3, 0.4) is 0 Å². The molecule has 2 saturated heterocycles. The van der Waals surface area contributed by atoms with E-state index < -0.39 is 0 Å². The first kappa shape index (κ1) is 19.8. The molecule has 2 amide bonds. The van der Waals surface area contributed by atoms with E-state index in [9.17, 15) is 14.7 Å². The van der Waals surface area contributed by atoms with E-state index in [0.717, 1.165) is 29.5 Å². The van der Waals surface area contributed by atoms with Gasteiger partial charge in [0.05, 0.1) is 25.2 Å². The van der Waals surface area contributed by atoms with Crippen LogP contribution in [0, 0.1) is 17.8 Å². The lowest BCUT2D eigenvalue weighted by Crippen LogP contribution is -2.73. The smallest absolute Gasteiger partial charge is 0.242 e. The van der Waals surface area contributed by atoms with Gasteiger partial charge in [-0.2, -0.15) is 0 Å². The van der Waals surface area contributed by atoms with Crippen LogP contribution in [-0.4, -0.2) is 58.5 Å². The van der Waals surface area contributed by atoms with E-state index >= 15 is 0 Å². The lowest BCUT2D eigenvalue weighted by atomic mass is 9.73. The van der Waals surface area contributed by atoms with Crippen LogP contribution in [0.4, 0.5) is 0 Å². The molecule has 1 aliphatic carbocycles. The normalized spacial score (nSPS) is 24.7. The lowest BCUT2D eigenvalue weighted by Gasteiger charge is -2.58. The molecule has 2 aromatic carbocycles. The number of hydrogen-bond donors (Lipinski definition) is 1. The Morgan fingerprint density at radius 1 is 1.00 bits per heavy atom. The second-order valence-corrected chi connectivity index (χ2v) is 8.80. The van der Waals surface area contributed by atoms with Crippen molar-refractivity contribution in [3.05, 3.63) is 71.3 Å². The third kappa shape index (κ3) is 3.96. The van der Waals surface area contributed by atoms with Gasteiger partial charge in [-0.3, -0.25) is 9.59 Å². The molecule has 1 saturated carbocycles. The SMILES string of the molecule is O=C(CC1CC1)N1CC(=O)N2[C@@H](CO)[C@H](c3ccc(C#Cc4ccccc4)cc3)[C@@H]2C1. The number of carbonyl (C=O) groups is 2. The Balaban J connectivity index is 1.32. The van der Waals surface area contributed by atoms with E-state index in [-0.39, 0.29) is 43.0 Å². The molecule has 1 N–H and O–H groups in total. The fraction of sp³-hybridized carbons (Fsp3) is 0.385. The second-order valence-electron chi connectivity index (χ2n) is 8.80.